The fourth-order valence-electron chi connectivity index (χ4n) is 1.75. The van der Waals surface area contributed by atoms with Crippen molar-refractivity contribution in [3.8, 4) is 0 Å². The number of rotatable bonds is 2. The number of methoxy groups -OCH3 is 1. The van der Waals surface area contributed by atoms with Crippen molar-refractivity contribution in [2.45, 2.75) is 0 Å². The Balaban J connectivity index is 2.28. The molecule has 1 amide bonds. The van der Waals surface area contributed by atoms with E-state index >= 15 is 0 Å². The minimum absolute atomic E-state index is 0.0699. The molecule has 0 aliphatic carbocycles. The number of nitrogens with one attached hydrogen (secondary N) is 1. The van der Waals surface area contributed by atoms with Gasteiger partial charge in [0.05, 0.1) is 31.1 Å². The van der Waals surface area contributed by atoms with Crippen molar-refractivity contribution in [3.63, 3.8) is 0 Å². The van der Waals surface area contributed by atoms with E-state index in [4.69, 9.17) is 5.73 Å². The first-order valence-corrected chi connectivity index (χ1v) is 5.47. The summed E-state index contributed by atoms with van der Waals surface area (Å²) < 4.78 is 4.64. The number of amides is 1. The molecule has 0 aromatic carbocycles. The Hall–Kier alpha value is -2.31. The van der Waals surface area contributed by atoms with Gasteiger partial charge in [-0.2, -0.15) is 0 Å². The van der Waals surface area contributed by atoms with E-state index in [2.05, 4.69) is 15.0 Å². The minimum atomic E-state index is -0.516. The second-order valence-electron chi connectivity index (χ2n) is 3.89. The highest BCUT2D eigenvalue weighted by Gasteiger charge is 2.20. The van der Waals surface area contributed by atoms with Gasteiger partial charge in [-0.15, -0.1) is 0 Å². The van der Waals surface area contributed by atoms with E-state index in [0.29, 0.717) is 18.9 Å². The molecular weight excluding hydrogens is 236 g/mol. The number of aromatic nitrogens is 1. The van der Waals surface area contributed by atoms with Crippen LogP contribution in [0.25, 0.3) is 0 Å². The van der Waals surface area contributed by atoms with Gasteiger partial charge in [-0.3, -0.25) is 4.79 Å². The Morgan fingerprint density at radius 2 is 2.39 bits per heavy atom. The van der Waals surface area contributed by atoms with Gasteiger partial charge in [0.2, 0.25) is 5.91 Å². The fraction of sp³-hybridized carbons (Fsp3) is 0.364. The molecule has 2 rings (SSSR count). The van der Waals surface area contributed by atoms with Gasteiger partial charge in [-0.1, -0.05) is 0 Å². The third kappa shape index (κ3) is 2.34. The maximum absolute atomic E-state index is 11.5. The number of ether oxygens (including phenoxy) is 1. The molecule has 2 heterocycles. The Labute approximate surface area is 104 Å². The zero-order chi connectivity index (χ0) is 13.1. The molecule has 1 fully saturated rings. The highest BCUT2D eigenvalue weighted by atomic mass is 16.5. The lowest BCUT2D eigenvalue weighted by atomic mass is 10.2. The van der Waals surface area contributed by atoms with Gasteiger partial charge >= 0.3 is 5.97 Å². The van der Waals surface area contributed by atoms with Crippen LogP contribution in [-0.4, -0.2) is 43.6 Å². The summed E-state index contributed by atoms with van der Waals surface area (Å²) in [7, 11) is 1.29. The predicted octanol–water partition coefficient (Wildman–Crippen LogP) is -0.613. The Morgan fingerprint density at radius 1 is 1.61 bits per heavy atom. The first-order valence-electron chi connectivity index (χ1n) is 5.47. The Kier molecular flexibility index (Phi) is 3.31. The van der Waals surface area contributed by atoms with Crippen LogP contribution in [0.5, 0.6) is 0 Å². The number of carbonyl (C=O) groups is 2. The van der Waals surface area contributed by atoms with Crippen molar-refractivity contribution in [3.05, 3.63) is 17.8 Å². The van der Waals surface area contributed by atoms with Crippen LogP contribution < -0.4 is 16.0 Å². The molecule has 0 bridgehead atoms. The van der Waals surface area contributed by atoms with Crippen LogP contribution in [0, 0.1) is 0 Å². The normalized spacial score (nSPS) is 15.2. The van der Waals surface area contributed by atoms with Crippen LogP contribution in [0.3, 0.4) is 0 Å². The van der Waals surface area contributed by atoms with Crippen molar-refractivity contribution in [1.82, 2.24) is 10.3 Å². The topological polar surface area (TPSA) is 97.5 Å². The first kappa shape index (κ1) is 12.2. The lowest BCUT2D eigenvalue weighted by Gasteiger charge is -2.27. The van der Waals surface area contributed by atoms with Crippen LogP contribution in [0.1, 0.15) is 10.4 Å². The number of hydrogen-bond acceptors (Lipinski definition) is 6. The van der Waals surface area contributed by atoms with Gasteiger partial charge in [0.1, 0.15) is 5.82 Å². The molecule has 0 radical (unpaired) electrons. The van der Waals surface area contributed by atoms with Gasteiger partial charge in [0.15, 0.2) is 0 Å². The SMILES string of the molecule is COC(=O)c1cc(N2CCNC(=O)C2)ncc1N. The monoisotopic (exact) mass is 250 g/mol. The lowest BCUT2D eigenvalue weighted by molar-refractivity contribution is -0.120. The molecule has 1 aromatic rings. The number of nitrogens with zero attached hydrogens (tertiary/aromatic N) is 2. The summed E-state index contributed by atoms with van der Waals surface area (Å²) >= 11 is 0. The molecule has 0 atom stereocenters. The molecule has 96 valence electrons. The molecule has 7 nitrogen and oxygen atoms in total. The van der Waals surface area contributed by atoms with Gasteiger partial charge < -0.3 is 20.7 Å². The molecule has 7 heteroatoms. The number of nitrogen functional groups attached to an aromatic ring is 1. The maximum atomic E-state index is 11.5. The van der Waals surface area contributed by atoms with Gasteiger partial charge in [0, 0.05) is 13.1 Å². The van der Waals surface area contributed by atoms with E-state index in [9.17, 15) is 9.59 Å². The van der Waals surface area contributed by atoms with Gasteiger partial charge in [-0.25, -0.2) is 9.78 Å². The molecule has 1 aliphatic heterocycles. The van der Waals surface area contributed by atoms with Gasteiger partial charge in [-0.05, 0) is 6.07 Å². The molecule has 0 unspecified atom stereocenters. The molecule has 0 spiro atoms. The van der Waals surface area contributed by atoms with Crippen LogP contribution >= 0.6 is 0 Å². The van der Waals surface area contributed by atoms with E-state index in [1.807, 2.05) is 0 Å². The Bertz CT molecular complexity index is 489. The smallest absolute Gasteiger partial charge is 0.340 e. The van der Waals surface area contributed by atoms with Crippen molar-refractivity contribution in [1.29, 1.82) is 0 Å². The molecule has 3 N–H and O–H groups in total. The highest BCUT2D eigenvalue weighted by molar-refractivity contribution is 5.95. The summed E-state index contributed by atoms with van der Waals surface area (Å²) in [5, 5.41) is 2.72. The summed E-state index contributed by atoms with van der Waals surface area (Å²) in [5.41, 5.74) is 6.18. The molecular formula is C11H14N4O3. The Morgan fingerprint density at radius 3 is 3.06 bits per heavy atom. The van der Waals surface area contributed by atoms with E-state index < -0.39 is 5.97 Å². The molecule has 1 saturated heterocycles. The average molecular weight is 250 g/mol. The number of carbonyl (C=O) groups excluding carboxylic acids is 2. The number of hydrogen-bond donors (Lipinski definition) is 2. The second kappa shape index (κ2) is 4.91. The summed E-state index contributed by atoms with van der Waals surface area (Å²) in [6, 6.07) is 1.54. The van der Waals surface area contributed by atoms with E-state index in [1.165, 1.54) is 13.3 Å². The van der Waals surface area contributed by atoms with Crippen molar-refractivity contribution < 1.29 is 14.3 Å². The van der Waals surface area contributed by atoms with Crippen LogP contribution in [0.4, 0.5) is 11.5 Å². The minimum Gasteiger partial charge on any atom is -0.465 e. The molecule has 1 aromatic heterocycles. The lowest BCUT2D eigenvalue weighted by Crippen LogP contribution is -2.48. The molecule has 18 heavy (non-hydrogen) atoms. The van der Waals surface area contributed by atoms with E-state index in [0.717, 1.165) is 0 Å². The van der Waals surface area contributed by atoms with Crippen LogP contribution in [0.2, 0.25) is 0 Å². The number of anilines is 2. The summed E-state index contributed by atoms with van der Waals surface area (Å²) in [5.74, 6) is -0.0449. The summed E-state index contributed by atoms with van der Waals surface area (Å²) in [6.07, 6.45) is 1.40. The number of pyridine rings is 1. The standard InChI is InChI=1S/C11H14N4O3/c1-18-11(17)7-4-9(14-5-8(7)12)15-3-2-13-10(16)6-15/h4-5H,2-3,6,12H2,1H3,(H,13,16). The summed E-state index contributed by atoms with van der Waals surface area (Å²) in [6.45, 7) is 1.42. The van der Waals surface area contributed by atoms with Crippen LogP contribution in [-0.2, 0) is 9.53 Å². The first-order chi connectivity index (χ1) is 8.61. The van der Waals surface area contributed by atoms with E-state index in [1.54, 1.807) is 11.0 Å². The molecule has 1 aliphatic rings. The maximum Gasteiger partial charge on any atom is 0.340 e. The van der Waals surface area contributed by atoms with E-state index in [-0.39, 0.29) is 23.7 Å². The number of nitrogens with two attached hydrogens (primary N) is 1. The average Bonchev–Trinajstić information content (AvgIpc) is 2.38. The number of piperazine rings is 1. The van der Waals surface area contributed by atoms with Crippen molar-refractivity contribution in [2.24, 2.45) is 0 Å². The quantitative estimate of drug-likeness (QED) is 0.679. The number of esters is 1. The third-order valence-corrected chi connectivity index (χ3v) is 2.69. The van der Waals surface area contributed by atoms with Crippen molar-refractivity contribution in [2.75, 3.05) is 37.4 Å². The van der Waals surface area contributed by atoms with Gasteiger partial charge in [0.25, 0.3) is 0 Å². The zero-order valence-electron chi connectivity index (χ0n) is 9.97. The summed E-state index contributed by atoms with van der Waals surface area (Å²) in [4.78, 5) is 28.7. The third-order valence-electron chi connectivity index (χ3n) is 2.69. The second-order valence-corrected chi connectivity index (χ2v) is 3.89. The highest BCUT2D eigenvalue weighted by Crippen LogP contribution is 2.19. The fourth-order valence-corrected chi connectivity index (χ4v) is 1.75. The van der Waals surface area contributed by atoms with Crippen LogP contribution in [0.15, 0.2) is 12.3 Å². The van der Waals surface area contributed by atoms with Crippen molar-refractivity contribution >= 4 is 23.4 Å². The largest absolute Gasteiger partial charge is 0.465 e. The zero-order valence-corrected chi connectivity index (χ0v) is 9.97. The molecule has 0 saturated carbocycles. The predicted molar refractivity (Wildman–Crippen MR) is 65.2 cm³/mol.